The van der Waals surface area contributed by atoms with Crippen LogP contribution in [0.25, 0.3) is 10.9 Å². The quantitative estimate of drug-likeness (QED) is 0.743. The molecule has 3 nitrogen and oxygen atoms in total. The number of fused-ring (bicyclic) bond motifs is 1. The van der Waals surface area contributed by atoms with Crippen molar-refractivity contribution < 1.29 is 4.74 Å². The van der Waals surface area contributed by atoms with Gasteiger partial charge in [-0.3, -0.25) is 4.98 Å². The summed E-state index contributed by atoms with van der Waals surface area (Å²) in [6.07, 6.45) is 1.80. The first-order chi connectivity index (χ1) is 10.2. The number of pyridine rings is 1. The first-order valence-electron chi connectivity index (χ1n) is 6.63. The Kier molecular flexibility index (Phi) is 3.67. The number of methoxy groups -OCH3 is 1. The molecule has 3 rings (SSSR count). The van der Waals surface area contributed by atoms with E-state index in [9.17, 15) is 0 Å². The number of hydrogen-bond donors (Lipinski definition) is 1. The van der Waals surface area contributed by atoms with E-state index < -0.39 is 0 Å². The minimum Gasteiger partial charge on any atom is -0.495 e. The number of ether oxygens (including phenoxy) is 1. The second kappa shape index (κ2) is 5.62. The summed E-state index contributed by atoms with van der Waals surface area (Å²) < 4.78 is 5.37. The monoisotopic (exact) mass is 298 g/mol. The molecule has 0 spiro atoms. The van der Waals surface area contributed by atoms with Crippen LogP contribution in [0.2, 0.25) is 5.02 Å². The molecule has 0 aliphatic heterocycles. The van der Waals surface area contributed by atoms with Crippen molar-refractivity contribution in [1.82, 2.24) is 4.98 Å². The minimum atomic E-state index is 0.646. The van der Waals surface area contributed by atoms with Crippen LogP contribution in [0.1, 0.15) is 5.56 Å². The van der Waals surface area contributed by atoms with Crippen molar-refractivity contribution in [2.24, 2.45) is 0 Å². The van der Waals surface area contributed by atoms with Crippen LogP contribution in [0, 0.1) is 6.92 Å². The fourth-order valence-corrected chi connectivity index (χ4v) is 2.44. The molecule has 0 bridgehead atoms. The predicted molar refractivity (Wildman–Crippen MR) is 87.8 cm³/mol. The third-order valence-electron chi connectivity index (χ3n) is 3.33. The highest BCUT2D eigenvalue weighted by Gasteiger charge is 2.07. The van der Waals surface area contributed by atoms with Gasteiger partial charge in [0.05, 0.1) is 18.3 Å². The molecule has 1 aromatic heterocycles. The third-order valence-corrected chi connectivity index (χ3v) is 3.57. The molecule has 1 N–H and O–H groups in total. The SMILES string of the molecule is COc1cc(Cl)ccc1Nc1ccnc2cc(C)ccc12. The van der Waals surface area contributed by atoms with Crippen molar-refractivity contribution in [1.29, 1.82) is 0 Å². The van der Waals surface area contributed by atoms with Gasteiger partial charge in [-0.1, -0.05) is 23.7 Å². The van der Waals surface area contributed by atoms with Crippen LogP contribution in [0.4, 0.5) is 11.4 Å². The van der Waals surface area contributed by atoms with Gasteiger partial charge >= 0.3 is 0 Å². The predicted octanol–water partition coefficient (Wildman–Crippen LogP) is 4.95. The van der Waals surface area contributed by atoms with Crippen LogP contribution < -0.4 is 10.1 Å². The van der Waals surface area contributed by atoms with E-state index in [1.807, 2.05) is 18.2 Å². The molecule has 4 heteroatoms. The van der Waals surface area contributed by atoms with Crippen LogP contribution in [-0.4, -0.2) is 12.1 Å². The number of halogens is 1. The standard InChI is InChI=1S/C17H15ClN2O/c1-11-3-5-13-14(7-8-19-16(13)9-11)20-15-6-4-12(18)10-17(15)21-2/h3-10H,1-2H3,(H,19,20). The van der Waals surface area contributed by atoms with Crippen LogP contribution in [0.5, 0.6) is 5.75 Å². The molecule has 0 saturated carbocycles. The van der Waals surface area contributed by atoms with Gasteiger partial charge in [0.2, 0.25) is 0 Å². The van der Waals surface area contributed by atoms with E-state index in [0.717, 1.165) is 22.3 Å². The van der Waals surface area contributed by atoms with Gasteiger partial charge in [-0.15, -0.1) is 0 Å². The van der Waals surface area contributed by atoms with E-state index in [2.05, 4.69) is 35.4 Å². The zero-order valence-electron chi connectivity index (χ0n) is 11.9. The summed E-state index contributed by atoms with van der Waals surface area (Å²) in [4.78, 5) is 4.41. The molecule has 0 amide bonds. The molecule has 1 heterocycles. The van der Waals surface area contributed by atoms with Gasteiger partial charge in [0.1, 0.15) is 5.75 Å². The number of nitrogens with one attached hydrogen (secondary N) is 1. The molecular weight excluding hydrogens is 284 g/mol. The van der Waals surface area contributed by atoms with Gasteiger partial charge in [-0.05, 0) is 36.8 Å². The molecule has 0 aliphatic rings. The zero-order valence-corrected chi connectivity index (χ0v) is 12.6. The molecule has 0 unspecified atom stereocenters. The van der Waals surface area contributed by atoms with E-state index >= 15 is 0 Å². The topological polar surface area (TPSA) is 34.1 Å². The fraction of sp³-hybridized carbons (Fsp3) is 0.118. The van der Waals surface area contributed by atoms with Gasteiger partial charge < -0.3 is 10.1 Å². The molecule has 0 saturated heterocycles. The van der Waals surface area contributed by atoms with Gasteiger partial charge in [-0.2, -0.15) is 0 Å². The maximum atomic E-state index is 5.99. The summed E-state index contributed by atoms with van der Waals surface area (Å²) >= 11 is 5.99. The first kappa shape index (κ1) is 13.7. The van der Waals surface area contributed by atoms with Crippen molar-refractivity contribution in [3.63, 3.8) is 0 Å². The number of benzene rings is 2. The highest BCUT2D eigenvalue weighted by Crippen LogP contribution is 2.32. The van der Waals surface area contributed by atoms with Crippen molar-refractivity contribution in [3.8, 4) is 5.75 Å². The summed E-state index contributed by atoms with van der Waals surface area (Å²) in [5.41, 5.74) is 4.01. The minimum absolute atomic E-state index is 0.646. The molecular formula is C17H15ClN2O. The Hall–Kier alpha value is -2.26. The van der Waals surface area contributed by atoms with Crippen molar-refractivity contribution in [2.45, 2.75) is 6.92 Å². The molecule has 0 radical (unpaired) electrons. The Bertz CT molecular complexity index is 802. The number of aromatic nitrogens is 1. The molecule has 0 fully saturated rings. The lowest BCUT2D eigenvalue weighted by molar-refractivity contribution is 0.417. The largest absolute Gasteiger partial charge is 0.495 e. The Balaban J connectivity index is 2.06. The summed E-state index contributed by atoms with van der Waals surface area (Å²) in [6.45, 7) is 2.06. The summed E-state index contributed by atoms with van der Waals surface area (Å²) in [5, 5.41) is 5.10. The fourth-order valence-electron chi connectivity index (χ4n) is 2.28. The molecule has 2 aromatic carbocycles. The average Bonchev–Trinajstić information content (AvgIpc) is 2.49. The first-order valence-corrected chi connectivity index (χ1v) is 7.01. The maximum Gasteiger partial charge on any atom is 0.143 e. The van der Waals surface area contributed by atoms with Crippen LogP contribution in [-0.2, 0) is 0 Å². The number of nitrogens with zero attached hydrogens (tertiary/aromatic N) is 1. The third kappa shape index (κ3) is 2.78. The molecule has 106 valence electrons. The highest BCUT2D eigenvalue weighted by atomic mass is 35.5. The molecule has 21 heavy (non-hydrogen) atoms. The maximum absolute atomic E-state index is 5.99. The highest BCUT2D eigenvalue weighted by molar-refractivity contribution is 6.30. The Morgan fingerprint density at radius 1 is 1.05 bits per heavy atom. The Morgan fingerprint density at radius 3 is 2.71 bits per heavy atom. The lowest BCUT2D eigenvalue weighted by Gasteiger charge is -2.13. The lowest BCUT2D eigenvalue weighted by atomic mass is 10.1. The van der Waals surface area contributed by atoms with E-state index in [1.54, 1.807) is 19.4 Å². The van der Waals surface area contributed by atoms with Crippen molar-refractivity contribution >= 4 is 33.9 Å². The number of anilines is 2. The van der Waals surface area contributed by atoms with Crippen molar-refractivity contribution in [2.75, 3.05) is 12.4 Å². The van der Waals surface area contributed by atoms with Crippen LogP contribution >= 0.6 is 11.6 Å². The average molecular weight is 299 g/mol. The molecule has 0 atom stereocenters. The van der Waals surface area contributed by atoms with Gasteiger partial charge in [0, 0.05) is 28.4 Å². The summed E-state index contributed by atoms with van der Waals surface area (Å²) in [7, 11) is 1.63. The zero-order chi connectivity index (χ0) is 14.8. The smallest absolute Gasteiger partial charge is 0.143 e. The summed E-state index contributed by atoms with van der Waals surface area (Å²) in [6, 6.07) is 13.7. The van der Waals surface area contributed by atoms with Crippen LogP contribution in [0.15, 0.2) is 48.7 Å². The number of hydrogen-bond acceptors (Lipinski definition) is 3. The Morgan fingerprint density at radius 2 is 1.90 bits per heavy atom. The lowest BCUT2D eigenvalue weighted by Crippen LogP contribution is -1.96. The van der Waals surface area contributed by atoms with Crippen molar-refractivity contribution in [3.05, 3.63) is 59.2 Å². The second-order valence-corrected chi connectivity index (χ2v) is 5.29. The van der Waals surface area contributed by atoms with E-state index in [1.165, 1.54) is 5.56 Å². The van der Waals surface area contributed by atoms with E-state index in [0.29, 0.717) is 10.8 Å². The second-order valence-electron chi connectivity index (χ2n) is 4.85. The van der Waals surface area contributed by atoms with E-state index in [4.69, 9.17) is 16.3 Å². The van der Waals surface area contributed by atoms with Gasteiger partial charge in [0.25, 0.3) is 0 Å². The normalized spacial score (nSPS) is 10.6. The van der Waals surface area contributed by atoms with Gasteiger partial charge in [-0.25, -0.2) is 0 Å². The number of rotatable bonds is 3. The molecule has 0 aliphatic carbocycles. The van der Waals surface area contributed by atoms with Gasteiger partial charge in [0.15, 0.2) is 0 Å². The number of aryl methyl sites for hydroxylation is 1. The van der Waals surface area contributed by atoms with Crippen LogP contribution in [0.3, 0.4) is 0 Å². The summed E-state index contributed by atoms with van der Waals surface area (Å²) in [5.74, 6) is 0.708. The van der Waals surface area contributed by atoms with E-state index in [-0.39, 0.29) is 0 Å². The molecule has 3 aromatic rings. The Labute approximate surface area is 128 Å².